The SMILES string of the molecule is CCN1CCCC1CNc1ccc2ncc(-c3ccncc3)n2n1. The van der Waals surface area contributed by atoms with Crippen LogP contribution in [0.25, 0.3) is 16.9 Å². The molecule has 1 aliphatic rings. The Kier molecular flexibility index (Phi) is 4.13. The van der Waals surface area contributed by atoms with Crippen molar-refractivity contribution < 1.29 is 0 Å². The number of nitrogens with zero attached hydrogens (tertiary/aromatic N) is 5. The Balaban J connectivity index is 1.56. The minimum Gasteiger partial charge on any atom is -0.367 e. The number of pyridine rings is 1. The lowest BCUT2D eigenvalue weighted by atomic mass is 10.2. The first-order valence-corrected chi connectivity index (χ1v) is 8.58. The van der Waals surface area contributed by atoms with Gasteiger partial charge in [0.25, 0.3) is 0 Å². The molecule has 6 heteroatoms. The van der Waals surface area contributed by atoms with Gasteiger partial charge in [0.1, 0.15) is 5.82 Å². The van der Waals surface area contributed by atoms with Crippen LogP contribution in [0.1, 0.15) is 19.8 Å². The first-order valence-electron chi connectivity index (χ1n) is 8.58. The highest BCUT2D eigenvalue weighted by molar-refractivity contribution is 5.63. The van der Waals surface area contributed by atoms with Crippen molar-refractivity contribution in [3.05, 3.63) is 42.9 Å². The second kappa shape index (κ2) is 6.57. The van der Waals surface area contributed by atoms with Crippen LogP contribution < -0.4 is 5.32 Å². The van der Waals surface area contributed by atoms with Crippen LogP contribution in [0, 0.1) is 0 Å². The second-order valence-electron chi connectivity index (χ2n) is 6.17. The number of rotatable bonds is 5. The lowest BCUT2D eigenvalue weighted by molar-refractivity contribution is 0.277. The van der Waals surface area contributed by atoms with Crippen LogP contribution >= 0.6 is 0 Å². The summed E-state index contributed by atoms with van der Waals surface area (Å²) in [5, 5.41) is 8.23. The van der Waals surface area contributed by atoms with Crippen LogP contribution in [0.4, 0.5) is 5.82 Å². The van der Waals surface area contributed by atoms with Crippen molar-refractivity contribution in [1.29, 1.82) is 0 Å². The summed E-state index contributed by atoms with van der Waals surface area (Å²) in [6.45, 7) is 5.50. The minimum absolute atomic E-state index is 0.606. The van der Waals surface area contributed by atoms with Crippen molar-refractivity contribution in [2.24, 2.45) is 0 Å². The van der Waals surface area contributed by atoms with E-state index in [-0.39, 0.29) is 0 Å². The second-order valence-corrected chi connectivity index (χ2v) is 6.17. The number of likely N-dealkylation sites (N-methyl/N-ethyl adjacent to an activating group) is 1. The average Bonchev–Trinajstić information content (AvgIpc) is 3.26. The monoisotopic (exact) mass is 322 g/mol. The molecule has 0 bridgehead atoms. The Bertz CT molecular complexity index is 813. The van der Waals surface area contributed by atoms with Crippen LogP contribution in [0.2, 0.25) is 0 Å². The number of fused-ring (bicyclic) bond motifs is 1. The van der Waals surface area contributed by atoms with Gasteiger partial charge in [-0.15, -0.1) is 5.10 Å². The van der Waals surface area contributed by atoms with Gasteiger partial charge in [-0.1, -0.05) is 6.92 Å². The number of nitrogens with one attached hydrogen (secondary N) is 1. The molecule has 0 amide bonds. The Morgan fingerprint density at radius 3 is 2.92 bits per heavy atom. The highest BCUT2D eigenvalue weighted by Crippen LogP contribution is 2.21. The van der Waals surface area contributed by atoms with Crippen LogP contribution in [-0.4, -0.2) is 50.2 Å². The zero-order chi connectivity index (χ0) is 16.4. The summed E-state index contributed by atoms with van der Waals surface area (Å²) in [5.41, 5.74) is 2.89. The van der Waals surface area contributed by atoms with E-state index in [9.17, 15) is 0 Å². The number of aromatic nitrogens is 4. The fraction of sp³-hybridized carbons (Fsp3) is 0.389. The van der Waals surface area contributed by atoms with Crippen molar-refractivity contribution in [2.45, 2.75) is 25.8 Å². The standard InChI is InChI=1S/C18H22N6/c1-2-23-11-3-4-15(23)12-20-17-5-6-18-21-13-16(24(18)22-17)14-7-9-19-10-8-14/h5-10,13,15H,2-4,11-12H2,1H3,(H,20,22). The van der Waals surface area contributed by atoms with Gasteiger partial charge in [0.2, 0.25) is 0 Å². The third-order valence-corrected chi connectivity index (χ3v) is 4.76. The molecule has 1 saturated heterocycles. The first kappa shape index (κ1) is 15.1. The minimum atomic E-state index is 0.606. The maximum atomic E-state index is 4.73. The molecule has 24 heavy (non-hydrogen) atoms. The predicted molar refractivity (Wildman–Crippen MR) is 95.0 cm³/mol. The predicted octanol–water partition coefficient (Wildman–Crippen LogP) is 2.69. The van der Waals surface area contributed by atoms with Gasteiger partial charge in [0, 0.05) is 30.5 Å². The molecule has 4 rings (SSSR count). The maximum Gasteiger partial charge on any atom is 0.154 e. The van der Waals surface area contributed by atoms with Crippen LogP contribution in [0.5, 0.6) is 0 Å². The lowest BCUT2D eigenvalue weighted by Crippen LogP contribution is -2.34. The van der Waals surface area contributed by atoms with E-state index in [1.165, 1.54) is 19.4 Å². The third kappa shape index (κ3) is 2.85. The van der Waals surface area contributed by atoms with E-state index in [0.717, 1.165) is 35.8 Å². The number of likely N-dealkylation sites (tertiary alicyclic amines) is 1. The van der Waals surface area contributed by atoms with Gasteiger partial charge in [-0.2, -0.15) is 0 Å². The molecule has 1 atom stereocenters. The van der Waals surface area contributed by atoms with Gasteiger partial charge in [0.05, 0.1) is 11.9 Å². The molecule has 0 spiro atoms. The van der Waals surface area contributed by atoms with E-state index in [0.29, 0.717) is 6.04 Å². The molecule has 6 nitrogen and oxygen atoms in total. The van der Waals surface area contributed by atoms with E-state index in [4.69, 9.17) is 5.10 Å². The van der Waals surface area contributed by atoms with Crippen molar-refractivity contribution in [3.63, 3.8) is 0 Å². The summed E-state index contributed by atoms with van der Waals surface area (Å²) in [5.74, 6) is 0.888. The van der Waals surface area contributed by atoms with Crippen LogP contribution in [-0.2, 0) is 0 Å². The quantitative estimate of drug-likeness (QED) is 0.782. The van der Waals surface area contributed by atoms with Crippen molar-refractivity contribution >= 4 is 11.5 Å². The van der Waals surface area contributed by atoms with E-state index >= 15 is 0 Å². The lowest BCUT2D eigenvalue weighted by Gasteiger charge is -2.23. The zero-order valence-corrected chi connectivity index (χ0v) is 13.9. The zero-order valence-electron chi connectivity index (χ0n) is 13.9. The van der Waals surface area contributed by atoms with Gasteiger partial charge in [-0.3, -0.25) is 9.88 Å². The average molecular weight is 322 g/mol. The van der Waals surface area contributed by atoms with E-state index in [1.54, 1.807) is 12.4 Å². The van der Waals surface area contributed by atoms with Gasteiger partial charge < -0.3 is 5.32 Å². The third-order valence-electron chi connectivity index (χ3n) is 4.76. The molecule has 4 heterocycles. The Morgan fingerprint density at radius 2 is 2.08 bits per heavy atom. The van der Waals surface area contributed by atoms with E-state index in [1.807, 2.05) is 35.0 Å². The largest absolute Gasteiger partial charge is 0.367 e. The molecule has 1 N–H and O–H groups in total. The van der Waals surface area contributed by atoms with Gasteiger partial charge in [-0.05, 0) is 50.2 Å². The highest BCUT2D eigenvalue weighted by atomic mass is 15.3. The molecule has 0 aliphatic carbocycles. The Hall–Kier alpha value is -2.47. The normalized spacial score (nSPS) is 18.3. The molecule has 1 fully saturated rings. The molecule has 1 aliphatic heterocycles. The maximum absolute atomic E-state index is 4.73. The van der Waals surface area contributed by atoms with Crippen molar-refractivity contribution in [1.82, 2.24) is 24.5 Å². The summed E-state index contributed by atoms with van der Waals surface area (Å²) in [6, 6.07) is 8.57. The molecule has 0 aromatic carbocycles. The molecule has 0 saturated carbocycles. The van der Waals surface area contributed by atoms with Crippen LogP contribution in [0.3, 0.4) is 0 Å². The fourth-order valence-corrected chi connectivity index (χ4v) is 3.45. The topological polar surface area (TPSA) is 58.3 Å². The molecule has 0 radical (unpaired) electrons. The fourth-order valence-electron chi connectivity index (χ4n) is 3.45. The summed E-state index contributed by atoms with van der Waals surface area (Å²) in [7, 11) is 0. The van der Waals surface area contributed by atoms with E-state index in [2.05, 4.69) is 27.1 Å². The Morgan fingerprint density at radius 1 is 1.21 bits per heavy atom. The van der Waals surface area contributed by atoms with Crippen LogP contribution in [0.15, 0.2) is 42.9 Å². The highest BCUT2D eigenvalue weighted by Gasteiger charge is 2.22. The summed E-state index contributed by atoms with van der Waals surface area (Å²) >= 11 is 0. The van der Waals surface area contributed by atoms with Gasteiger partial charge in [0.15, 0.2) is 5.65 Å². The smallest absolute Gasteiger partial charge is 0.154 e. The molecule has 124 valence electrons. The van der Waals surface area contributed by atoms with Crippen molar-refractivity contribution in [2.75, 3.05) is 25.0 Å². The summed E-state index contributed by atoms with van der Waals surface area (Å²) in [4.78, 5) is 11.1. The Labute approximate surface area is 141 Å². The van der Waals surface area contributed by atoms with Gasteiger partial charge in [-0.25, -0.2) is 9.50 Å². The van der Waals surface area contributed by atoms with E-state index < -0.39 is 0 Å². The molecule has 3 aromatic heterocycles. The number of imidazole rings is 1. The molecule has 1 unspecified atom stereocenters. The summed E-state index contributed by atoms with van der Waals surface area (Å²) < 4.78 is 1.89. The number of hydrogen-bond acceptors (Lipinski definition) is 5. The molecule has 3 aromatic rings. The first-order chi connectivity index (χ1) is 11.8. The summed E-state index contributed by atoms with van der Waals surface area (Å²) in [6.07, 6.45) is 7.99. The molecular weight excluding hydrogens is 300 g/mol. The number of hydrogen-bond donors (Lipinski definition) is 1. The molecular formula is C18H22N6. The van der Waals surface area contributed by atoms with Crippen molar-refractivity contribution in [3.8, 4) is 11.3 Å². The van der Waals surface area contributed by atoms with Gasteiger partial charge >= 0.3 is 0 Å². The number of anilines is 1.